The molecule has 98 valence electrons. The van der Waals surface area contributed by atoms with Gasteiger partial charge in [0.2, 0.25) is 0 Å². The number of halogens is 2. The zero-order valence-corrected chi connectivity index (χ0v) is 12.4. The second kappa shape index (κ2) is 5.42. The van der Waals surface area contributed by atoms with Crippen LogP contribution >= 0.6 is 35.3 Å². The molecular formula is C9H14Cl2N2O2S2. The zero-order valence-electron chi connectivity index (χ0n) is 9.22. The molecule has 0 radical (unpaired) electrons. The quantitative estimate of drug-likeness (QED) is 0.905. The molecule has 1 atom stereocenters. The Morgan fingerprint density at radius 1 is 1.59 bits per heavy atom. The van der Waals surface area contributed by atoms with Crippen molar-refractivity contribution in [3.8, 4) is 0 Å². The van der Waals surface area contributed by atoms with E-state index in [1.165, 1.54) is 4.31 Å². The largest absolute Gasteiger partial charge is 0.326 e. The van der Waals surface area contributed by atoms with Gasteiger partial charge in [-0.15, -0.1) is 23.7 Å². The molecule has 4 nitrogen and oxygen atoms in total. The highest BCUT2D eigenvalue weighted by molar-refractivity contribution is 7.91. The lowest BCUT2D eigenvalue weighted by Crippen LogP contribution is -2.31. The molecule has 0 bridgehead atoms. The van der Waals surface area contributed by atoms with Crippen LogP contribution in [0.1, 0.15) is 12.0 Å². The summed E-state index contributed by atoms with van der Waals surface area (Å²) in [6.07, 6.45) is 0.720. The predicted molar refractivity (Wildman–Crippen MR) is 72.7 cm³/mol. The molecule has 8 heteroatoms. The van der Waals surface area contributed by atoms with Gasteiger partial charge in [0.1, 0.15) is 4.21 Å². The first kappa shape index (κ1) is 15.2. The highest BCUT2D eigenvalue weighted by atomic mass is 35.5. The minimum absolute atomic E-state index is 0. The van der Waals surface area contributed by atoms with Gasteiger partial charge in [0.25, 0.3) is 10.0 Å². The van der Waals surface area contributed by atoms with E-state index < -0.39 is 10.0 Å². The number of hydrogen-bond acceptors (Lipinski definition) is 4. The smallest absolute Gasteiger partial charge is 0.252 e. The fourth-order valence-corrected chi connectivity index (χ4v) is 5.03. The number of nitrogens with two attached hydrogens (primary N) is 1. The van der Waals surface area contributed by atoms with Crippen molar-refractivity contribution in [1.82, 2.24) is 4.31 Å². The van der Waals surface area contributed by atoms with Crippen molar-refractivity contribution in [2.75, 3.05) is 13.1 Å². The Bertz CT molecular complexity index is 482. The van der Waals surface area contributed by atoms with Gasteiger partial charge in [0.15, 0.2) is 0 Å². The molecule has 1 aromatic rings. The highest BCUT2D eigenvalue weighted by Gasteiger charge is 2.32. The third kappa shape index (κ3) is 2.94. The topological polar surface area (TPSA) is 63.4 Å². The van der Waals surface area contributed by atoms with Gasteiger partial charge in [-0.25, -0.2) is 8.42 Å². The molecule has 1 aliphatic heterocycles. The maximum absolute atomic E-state index is 12.2. The monoisotopic (exact) mass is 316 g/mol. The first-order valence-electron chi connectivity index (χ1n) is 4.93. The van der Waals surface area contributed by atoms with Crippen LogP contribution in [0, 0.1) is 6.92 Å². The first-order chi connectivity index (χ1) is 7.41. The summed E-state index contributed by atoms with van der Waals surface area (Å²) >= 11 is 6.99. The molecular weight excluding hydrogens is 303 g/mol. The van der Waals surface area contributed by atoms with Crippen molar-refractivity contribution in [2.45, 2.75) is 23.6 Å². The third-order valence-corrected chi connectivity index (χ3v) is 6.49. The van der Waals surface area contributed by atoms with Crippen molar-refractivity contribution in [1.29, 1.82) is 0 Å². The van der Waals surface area contributed by atoms with Crippen LogP contribution in [0.15, 0.2) is 10.3 Å². The Morgan fingerprint density at radius 3 is 2.65 bits per heavy atom. The lowest BCUT2D eigenvalue weighted by Gasteiger charge is -2.13. The molecule has 2 N–H and O–H groups in total. The van der Waals surface area contributed by atoms with Crippen LogP contribution in [0.25, 0.3) is 0 Å². The van der Waals surface area contributed by atoms with E-state index in [0.29, 0.717) is 21.6 Å². The van der Waals surface area contributed by atoms with Crippen molar-refractivity contribution in [3.05, 3.63) is 16.0 Å². The molecule has 1 aromatic heterocycles. The summed E-state index contributed by atoms with van der Waals surface area (Å²) in [5.74, 6) is 0. The van der Waals surface area contributed by atoms with Crippen LogP contribution < -0.4 is 5.73 Å². The summed E-state index contributed by atoms with van der Waals surface area (Å²) in [6, 6.07) is 1.57. The minimum Gasteiger partial charge on any atom is -0.326 e. The van der Waals surface area contributed by atoms with E-state index in [2.05, 4.69) is 0 Å². The molecule has 2 rings (SSSR count). The number of aryl methyl sites for hydroxylation is 1. The molecule has 1 fully saturated rings. The Balaban J connectivity index is 0.00000144. The molecule has 0 aliphatic carbocycles. The van der Waals surface area contributed by atoms with Gasteiger partial charge in [-0.1, -0.05) is 11.6 Å². The zero-order chi connectivity index (χ0) is 11.9. The van der Waals surface area contributed by atoms with Crippen LogP contribution in [0.3, 0.4) is 0 Å². The predicted octanol–water partition coefficient (Wildman–Crippen LogP) is 1.85. The van der Waals surface area contributed by atoms with E-state index in [0.717, 1.165) is 23.3 Å². The lowest BCUT2D eigenvalue weighted by molar-refractivity contribution is 0.474. The van der Waals surface area contributed by atoms with Crippen LogP contribution in [0.2, 0.25) is 4.34 Å². The molecule has 0 spiro atoms. The number of rotatable bonds is 2. The van der Waals surface area contributed by atoms with E-state index in [9.17, 15) is 8.42 Å². The van der Waals surface area contributed by atoms with Crippen LogP contribution in [0.4, 0.5) is 0 Å². The summed E-state index contributed by atoms with van der Waals surface area (Å²) in [5, 5.41) is 0. The molecule has 0 saturated carbocycles. The molecule has 2 heterocycles. The van der Waals surface area contributed by atoms with Gasteiger partial charge < -0.3 is 5.73 Å². The van der Waals surface area contributed by atoms with Crippen molar-refractivity contribution in [3.63, 3.8) is 0 Å². The molecule has 1 aliphatic rings. The van der Waals surface area contributed by atoms with Gasteiger partial charge >= 0.3 is 0 Å². The van der Waals surface area contributed by atoms with Gasteiger partial charge in [0, 0.05) is 19.1 Å². The van der Waals surface area contributed by atoms with Gasteiger partial charge in [-0.05, 0) is 25.0 Å². The Morgan fingerprint density at radius 2 is 2.24 bits per heavy atom. The van der Waals surface area contributed by atoms with Crippen LogP contribution in [-0.2, 0) is 10.0 Å². The van der Waals surface area contributed by atoms with Gasteiger partial charge in [-0.3, -0.25) is 0 Å². The van der Waals surface area contributed by atoms with Crippen LogP contribution in [-0.4, -0.2) is 31.9 Å². The maximum Gasteiger partial charge on any atom is 0.252 e. The Kier molecular flexibility index (Phi) is 4.85. The molecule has 17 heavy (non-hydrogen) atoms. The SMILES string of the molecule is Cc1cc(S(=O)(=O)N2CCC(N)C2)sc1Cl.Cl. The fourth-order valence-electron chi connectivity index (χ4n) is 1.66. The second-order valence-electron chi connectivity index (χ2n) is 3.93. The number of hydrogen-bond donors (Lipinski definition) is 1. The van der Waals surface area contributed by atoms with Crippen molar-refractivity contribution < 1.29 is 8.42 Å². The summed E-state index contributed by atoms with van der Waals surface area (Å²) in [7, 11) is -3.39. The molecule has 1 unspecified atom stereocenters. The van der Waals surface area contributed by atoms with Gasteiger partial charge in [-0.2, -0.15) is 4.31 Å². The molecule has 0 amide bonds. The highest BCUT2D eigenvalue weighted by Crippen LogP contribution is 2.32. The van der Waals surface area contributed by atoms with Crippen LogP contribution in [0.5, 0.6) is 0 Å². The van der Waals surface area contributed by atoms with E-state index in [4.69, 9.17) is 17.3 Å². The molecule has 1 saturated heterocycles. The average molecular weight is 317 g/mol. The van der Waals surface area contributed by atoms with Gasteiger partial charge in [0.05, 0.1) is 4.34 Å². The summed E-state index contributed by atoms with van der Waals surface area (Å²) in [4.78, 5) is 0. The Labute approximate surface area is 116 Å². The summed E-state index contributed by atoms with van der Waals surface area (Å²) in [6.45, 7) is 2.70. The van der Waals surface area contributed by atoms with Crippen molar-refractivity contribution in [2.24, 2.45) is 5.73 Å². The van der Waals surface area contributed by atoms with E-state index in [1.54, 1.807) is 13.0 Å². The van der Waals surface area contributed by atoms with E-state index >= 15 is 0 Å². The van der Waals surface area contributed by atoms with E-state index in [1.807, 2.05) is 0 Å². The number of thiophene rings is 1. The summed E-state index contributed by atoms with van der Waals surface area (Å²) in [5.41, 5.74) is 6.51. The first-order valence-corrected chi connectivity index (χ1v) is 7.56. The number of nitrogens with zero attached hydrogens (tertiary/aromatic N) is 1. The average Bonchev–Trinajstić information content (AvgIpc) is 2.75. The van der Waals surface area contributed by atoms with Crippen molar-refractivity contribution >= 4 is 45.4 Å². The molecule has 0 aromatic carbocycles. The Hall–Kier alpha value is 0.150. The minimum atomic E-state index is -3.39. The normalized spacial score (nSPS) is 21.5. The fraction of sp³-hybridized carbons (Fsp3) is 0.556. The third-order valence-electron chi connectivity index (χ3n) is 2.62. The summed E-state index contributed by atoms with van der Waals surface area (Å²) < 4.78 is 26.6. The number of sulfonamides is 1. The standard InChI is InChI=1S/C9H13ClN2O2S2.ClH/c1-6-4-8(15-9(6)10)16(13,14)12-3-2-7(11)5-12;/h4,7H,2-3,5,11H2,1H3;1H. The maximum atomic E-state index is 12.2. The van der Waals surface area contributed by atoms with E-state index in [-0.39, 0.29) is 18.4 Å². The second-order valence-corrected chi connectivity index (χ2v) is 7.75. The lowest BCUT2D eigenvalue weighted by atomic mass is 10.3.